The van der Waals surface area contributed by atoms with E-state index in [1.165, 1.54) is 40.0 Å². The molecular weight excluding hydrogens is 278 g/mol. The van der Waals surface area contributed by atoms with E-state index in [4.69, 9.17) is 4.98 Å². The zero-order valence-corrected chi connectivity index (χ0v) is 13.0. The molecule has 3 aromatic rings. The Labute approximate surface area is 128 Å². The number of rotatable bonds is 3. The molecule has 4 heteroatoms. The molecule has 3 heterocycles. The van der Waals surface area contributed by atoms with Gasteiger partial charge >= 0.3 is 0 Å². The molecule has 0 atom stereocenters. The summed E-state index contributed by atoms with van der Waals surface area (Å²) >= 11 is 1.76. The predicted octanol–water partition coefficient (Wildman–Crippen LogP) is 4.45. The molecular formula is C17H19N3S. The van der Waals surface area contributed by atoms with Gasteiger partial charge in [0.05, 0.1) is 5.69 Å². The fourth-order valence-corrected chi connectivity index (χ4v) is 4.04. The molecule has 0 saturated carbocycles. The summed E-state index contributed by atoms with van der Waals surface area (Å²) in [5.74, 6) is 0. The van der Waals surface area contributed by atoms with Crippen molar-refractivity contribution in [2.75, 3.05) is 18.0 Å². The van der Waals surface area contributed by atoms with Crippen LogP contribution in [0.2, 0.25) is 0 Å². The summed E-state index contributed by atoms with van der Waals surface area (Å²) in [6.07, 6.45) is 5.74. The van der Waals surface area contributed by atoms with Crippen molar-refractivity contribution in [3.05, 3.63) is 35.3 Å². The number of anilines is 1. The van der Waals surface area contributed by atoms with Crippen LogP contribution in [0.5, 0.6) is 0 Å². The lowest BCUT2D eigenvalue weighted by Crippen LogP contribution is -2.17. The summed E-state index contributed by atoms with van der Waals surface area (Å²) in [5.41, 5.74) is 4.95. The minimum Gasteiger partial charge on any atom is -0.360 e. The first-order chi connectivity index (χ1) is 10.4. The Hall–Kier alpha value is -1.81. The van der Waals surface area contributed by atoms with E-state index in [-0.39, 0.29) is 0 Å². The lowest BCUT2D eigenvalue weighted by Gasteiger charge is -2.12. The van der Waals surface area contributed by atoms with Crippen LogP contribution in [0, 0.1) is 0 Å². The first-order valence-corrected chi connectivity index (χ1v) is 8.54. The molecule has 1 aliphatic heterocycles. The number of thiazole rings is 1. The van der Waals surface area contributed by atoms with Gasteiger partial charge < -0.3 is 9.88 Å². The van der Waals surface area contributed by atoms with E-state index in [0.29, 0.717) is 0 Å². The van der Waals surface area contributed by atoms with Gasteiger partial charge in [0.1, 0.15) is 0 Å². The maximum Gasteiger partial charge on any atom is 0.185 e. The van der Waals surface area contributed by atoms with Crippen molar-refractivity contribution in [2.45, 2.75) is 26.2 Å². The highest BCUT2D eigenvalue weighted by Crippen LogP contribution is 2.34. The van der Waals surface area contributed by atoms with Crippen LogP contribution in [-0.2, 0) is 6.42 Å². The summed E-state index contributed by atoms with van der Waals surface area (Å²) in [6, 6.07) is 6.53. The number of aryl methyl sites for hydroxylation is 1. The van der Waals surface area contributed by atoms with Gasteiger partial charge in [0.15, 0.2) is 5.13 Å². The van der Waals surface area contributed by atoms with Gasteiger partial charge in [-0.3, -0.25) is 0 Å². The highest BCUT2D eigenvalue weighted by Gasteiger charge is 2.17. The summed E-state index contributed by atoms with van der Waals surface area (Å²) < 4.78 is 0. The van der Waals surface area contributed by atoms with Crippen molar-refractivity contribution in [2.24, 2.45) is 0 Å². The van der Waals surface area contributed by atoms with Gasteiger partial charge in [0, 0.05) is 41.1 Å². The highest BCUT2D eigenvalue weighted by atomic mass is 32.1. The molecule has 1 aliphatic rings. The monoisotopic (exact) mass is 297 g/mol. The fourth-order valence-electron chi connectivity index (χ4n) is 3.17. The smallest absolute Gasteiger partial charge is 0.185 e. The largest absolute Gasteiger partial charge is 0.360 e. The molecule has 0 amide bonds. The molecule has 3 nitrogen and oxygen atoms in total. The maximum absolute atomic E-state index is 4.86. The minimum atomic E-state index is 1.05. The average Bonchev–Trinajstić information content (AvgIpc) is 3.24. The first kappa shape index (κ1) is 12.9. The molecule has 4 rings (SSSR count). The highest BCUT2D eigenvalue weighted by molar-refractivity contribution is 7.14. The number of para-hydroxylation sites is 1. The minimum absolute atomic E-state index is 1.05. The molecule has 21 heavy (non-hydrogen) atoms. The van der Waals surface area contributed by atoms with Gasteiger partial charge in [-0.1, -0.05) is 25.1 Å². The topological polar surface area (TPSA) is 31.9 Å². The molecule has 108 valence electrons. The molecule has 1 aromatic carbocycles. The second-order valence-corrected chi connectivity index (χ2v) is 6.44. The quantitative estimate of drug-likeness (QED) is 0.774. The summed E-state index contributed by atoms with van der Waals surface area (Å²) in [7, 11) is 0. The van der Waals surface area contributed by atoms with Crippen molar-refractivity contribution in [3.63, 3.8) is 0 Å². The Kier molecular flexibility index (Phi) is 3.19. The number of nitrogens with one attached hydrogen (secondary N) is 1. The third-order valence-electron chi connectivity index (χ3n) is 4.33. The Bertz CT molecular complexity index is 765. The Balaban J connectivity index is 1.76. The fraction of sp³-hybridized carbons (Fsp3) is 0.353. The van der Waals surface area contributed by atoms with Crippen molar-refractivity contribution in [1.82, 2.24) is 9.97 Å². The first-order valence-electron chi connectivity index (χ1n) is 7.66. The van der Waals surface area contributed by atoms with Gasteiger partial charge in [-0.05, 0) is 24.8 Å². The molecule has 1 saturated heterocycles. The number of nitrogens with zero attached hydrogens (tertiary/aromatic N) is 2. The van der Waals surface area contributed by atoms with Gasteiger partial charge in [-0.15, -0.1) is 11.3 Å². The van der Waals surface area contributed by atoms with Crippen LogP contribution < -0.4 is 4.90 Å². The van der Waals surface area contributed by atoms with E-state index in [0.717, 1.165) is 25.2 Å². The normalized spacial score (nSPS) is 15.2. The van der Waals surface area contributed by atoms with Crippen LogP contribution in [-0.4, -0.2) is 23.1 Å². The van der Waals surface area contributed by atoms with Crippen molar-refractivity contribution in [3.8, 4) is 11.3 Å². The van der Waals surface area contributed by atoms with Crippen molar-refractivity contribution in [1.29, 1.82) is 0 Å². The van der Waals surface area contributed by atoms with Crippen molar-refractivity contribution < 1.29 is 0 Å². The lowest BCUT2D eigenvalue weighted by molar-refractivity contribution is 0.949. The molecule has 2 aromatic heterocycles. The van der Waals surface area contributed by atoms with E-state index < -0.39 is 0 Å². The van der Waals surface area contributed by atoms with Crippen LogP contribution in [0.25, 0.3) is 22.2 Å². The molecule has 0 radical (unpaired) electrons. The second kappa shape index (κ2) is 5.19. The third-order valence-corrected chi connectivity index (χ3v) is 5.23. The van der Waals surface area contributed by atoms with E-state index in [2.05, 4.69) is 46.6 Å². The lowest BCUT2D eigenvalue weighted by atomic mass is 10.1. The average molecular weight is 297 g/mol. The van der Waals surface area contributed by atoms with Gasteiger partial charge in [0.2, 0.25) is 0 Å². The van der Waals surface area contributed by atoms with E-state index in [1.807, 2.05) is 0 Å². The SMILES string of the molecule is CCc1cccc2c(-c3csc(N4CCCC4)n3)c[nH]c12. The number of H-pyrrole nitrogens is 1. The molecule has 1 N–H and O–H groups in total. The predicted molar refractivity (Wildman–Crippen MR) is 90.2 cm³/mol. The number of benzene rings is 1. The van der Waals surface area contributed by atoms with Crippen LogP contribution in [0.1, 0.15) is 25.3 Å². The van der Waals surface area contributed by atoms with Crippen LogP contribution in [0.4, 0.5) is 5.13 Å². The molecule has 0 aliphatic carbocycles. The van der Waals surface area contributed by atoms with Crippen LogP contribution >= 0.6 is 11.3 Å². The number of hydrogen-bond acceptors (Lipinski definition) is 3. The van der Waals surface area contributed by atoms with E-state index in [9.17, 15) is 0 Å². The number of aromatic amines is 1. The number of fused-ring (bicyclic) bond motifs is 1. The molecule has 0 unspecified atom stereocenters. The van der Waals surface area contributed by atoms with E-state index >= 15 is 0 Å². The Morgan fingerprint density at radius 3 is 2.95 bits per heavy atom. The maximum atomic E-state index is 4.86. The standard InChI is InChI=1S/C17H19N3S/c1-2-12-6-5-7-13-14(10-18-16(12)13)15-11-21-17(19-15)20-8-3-4-9-20/h5-7,10-11,18H,2-4,8-9H2,1H3. The molecule has 1 fully saturated rings. The number of hydrogen-bond donors (Lipinski definition) is 1. The molecule has 0 bridgehead atoms. The van der Waals surface area contributed by atoms with Crippen LogP contribution in [0.15, 0.2) is 29.8 Å². The summed E-state index contributed by atoms with van der Waals surface area (Å²) in [4.78, 5) is 10.7. The van der Waals surface area contributed by atoms with Gasteiger partial charge in [-0.25, -0.2) is 4.98 Å². The zero-order chi connectivity index (χ0) is 14.2. The Morgan fingerprint density at radius 2 is 2.14 bits per heavy atom. The molecule has 0 spiro atoms. The van der Waals surface area contributed by atoms with Crippen LogP contribution in [0.3, 0.4) is 0 Å². The van der Waals surface area contributed by atoms with Gasteiger partial charge in [0.25, 0.3) is 0 Å². The second-order valence-electron chi connectivity index (χ2n) is 5.61. The Morgan fingerprint density at radius 1 is 1.29 bits per heavy atom. The summed E-state index contributed by atoms with van der Waals surface area (Å²) in [5, 5.41) is 4.64. The zero-order valence-electron chi connectivity index (χ0n) is 12.2. The summed E-state index contributed by atoms with van der Waals surface area (Å²) in [6.45, 7) is 4.51. The van der Waals surface area contributed by atoms with Gasteiger partial charge in [-0.2, -0.15) is 0 Å². The van der Waals surface area contributed by atoms with Crippen molar-refractivity contribution >= 4 is 27.4 Å². The number of aromatic nitrogens is 2. The van der Waals surface area contributed by atoms with E-state index in [1.54, 1.807) is 11.3 Å². The third kappa shape index (κ3) is 2.14.